The van der Waals surface area contributed by atoms with Crippen molar-refractivity contribution in [1.29, 1.82) is 0 Å². The standard InChI is InChI=1S/C17H18ClN7O2/c1-3-13(26)21-9-4-11(5-9)27-16-14-12(18)7-19-15(14)23-17(24-16)22-10-6-20-25(2)8-10/h3,6-9,11H,1,4-5H2,2H3,(H,21,26)(H2,19,22,23,24)/t9-,11-. The normalized spacial score (nSPS) is 18.7. The van der Waals surface area contributed by atoms with E-state index < -0.39 is 0 Å². The summed E-state index contributed by atoms with van der Waals surface area (Å²) in [5.41, 5.74) is 1.34. The topological polar surface area (TPSA) is 110 Å². The second-order valence-electron chi connectivity index (χ2n) is 6.36. The molecule has 4 rings (SSSR count). The third-order valence-electron chi connectivity index (χ3n) is 4.32. The minimum Gasteiger partial charge on any atom is -0.474 e. The van der Waals surface area contributed by atoms with Gasteiger partial charge in [0.15, 0.2) is 0 Å². The van der Waals surface area contributed by atoms with Gasteiger partial charge in [0.25, 0.3) is 0 Å². The van der Waals surface area contributed by atoms with Crippen molar-refractivity contribution < 1.29 is 9.53 Å². The highest BCUT2D eigenvalue weighted by Gasteiger charge is 2.32. The Labute approximate surface area is 159 Å². The molecule has 0 aliphatic heterocycles. The van der Waals surface area contributed by atoms with Crippen LogP contribution in [0.1, 0.15) is 12.8 Å². The van der Waals surface area contributed by atoms with Crippen LogP contribution in [0.15, 0.2) is 31.2 Å². The molecule has 0 unspecified atom stereocenters. The third kappa shape index (κ3) is 3.59. The molecule has 0 saturated heterocycles. The van der Waals surface area contributed by atoms with E-state index in [0.29, 0.717) is 40.7 Å². The van der Waals surface area contributed by atoms with Gasteiger partial charge < -0.3 is 20.4 Å². The Hall–Kier alpha value is -3.07. The number of aryl methyl sites for hydroxylation is 1. The molecule has 3 N–H and O–H groups in total. The summed E-state index contributed by atoms with van der Waals surface area (Å²) in [7, 11) is 1.83. The highest BCUT2D eigenvalue weighted by Crippen LogP contribution is 2.34. The van der Waals surface area contributed by atoms with Crippen molar-refractivity contribution >= 4 is 40.2 Å². The zero-order chi connectivity index (χ0) is 19.0. The van der Waals surface area contributed by atoms with E-state index in [-0.39, 0.29) is 18.1 Å². The second kappa shape index (κ2) is 6.92. The molecule has 0 atom stereocenters. The van der Waals surface area contributed by atoms with Crippen LogP contribution >= 0.6 is 11.6 Å². The van der Waals surface area contributed by atoms with Gasteiger partial charge in [-0.1, -0.05) is 18.2 Å². The van der Waals surface area contributed by atoms with Crippen molar-refractivity contribution in [2.75, 3.05) is 5.32 Å². The Morgan fingerprint density at radius 2 is 2.30 bits per heavy atom. The summed E-state index contributed by atoms with van der Waals surface area (Å²) in [5.74, 6) is 0.593. The predicted octanol–water partition coefficient (Wildman–Crippen LogP) is 2.30. The average molecular weight is 388 g/mol. The number of fused-ring (bicyclic) bond motifs is 1. The molecule has 0 spiro atoms. The summed E-state index contributed by atoms with van der Waals surface area (Å²) in [4.78, 5) is 23.3. The van der Waals surface area contributed by atoms with E-state index in [1.807, 2.05) is 13.2 Å². The zero-order valence-electron chi connectivity index (χ0n) is 14.6. The van der Waals surface area contributed by atoms with Gasteiger partial charge in [0, 0.05) is 38.3 Å². The van der Waals surface area contributed by atoms with Crippen LogP contribution in [0.3, 0.4) is 0 Å². The van der Waals surface area contributed by atoms with E-state index in [9.17, 15) is 4.79 Å². The minimum absolute atomic E-state index is 0.0598. The number of anilines is 2. The van der Waals surface area contributed by atoms with Crippen LogP contribution in [0.2, 0.25) is 5.02 Å². The molecule has 9 nitrogen and oxygen atoms in total. The molecule has 27 heavy (non-hydrogen) atoms. The smallest absolute Gasteiger partial charge is 0.243 e. The lowest BCUT2D eigenvalue weighted by Gasteiger charge is -2.35. The average Bonchev–Trinajstić information content (AvgIpc) is 3.18. The number of H-pyrrole nitrogens is 1. The maximum absolute atomic E-state index is 11.4. The molecule has 0 aromatic carbocycles. The third-order valence-corrected chi connectivity index (χ3v) is 4.61. The molecule has 1 aliphatic carbocycles. The predicted molar refractivity (Wildman–Crippen MR) is 101 cm³/mol. The highest BCUT2D eigenvalue weighted by atomic mass is 35.5. The first-order chi connectivity index (χ1) is 13.0. The fourth-order valence-electron chi connectivity index (χ4n) is 2.92. The van der Waals surface area contributed by atoms with E-state index in [0.717, 1.165) is 5.69 Å². The molecule has 1 amide bonds. The van der Waals surface area contributed by atoms with Gasteiger partial charge in [-0.2, -0.15) is 15.1 Å². The van der Waals surface area contributed by atoms with Crippen molar-refractivity contribution in [3.8, 4) is 5.88 Å². The van der Waals surface area contributed by atoms with Crippen LogP contribution in [0.25, 0.3) is 11.0 Å². The summed E-state index contributed by atoms with van der Waals surface area (Å²) >= 11 is 6.26. The van der Waals surface area contributed by atoms with Crippen LogP contribution in [0, 0.1) is 0 Å². The molecule has 1 fully saturated rings. The fraction of sp³-hybridized carbons (Fsp3) is 0.294. The summed E-state index contributed by atoms with van der Waals surface area (Å²) in [5, 5.41) is 11.2. The van der Waals surface area contributed by atoms with Crippen molar-refractivity contribution in [2.45, 2.75) is 25.0 Å². The first-order valence-corrected chi connectivity index (χ1v) is 8.79. The van der Waals surface area contributed by atoms with Crippen LogP contribution in [0.4, 0.5) is 11.6 Å². The molecule has 0 radical (unpaired) electrons. The molecular weight excluding hydrogens is 370 g/mol. The second-order valence-corrected chi connectivity index (χ2v) is 6.77. The summed E-state index contributed by atoms with van der Waals surface area (Å²) in [6.45, 7) is 3.45. The number of hydrogen-bond acceptors (Lipinski definition) is 6. The number of aromatic nitrogens is 5. The number of carbonyl (C=O) groups excluding carboxylic acids is 1. The van der Waals surface area contributed by atoms with Crippen molar-refractivity contribution in [2.24, 2.45) is 7.05 Å². The monoisotopic (exact) mass is 387 g/mol. The van der Waals surface area contributed by atoms with E-state index in [2.05, 4.69) is 37.3 Å². The number of hydrogen-bond donors (Lipinski definition) is 3. The van der Waals surface area contributed by atoms with Crippen LogP contribution in [-0.2, 0) is 11.8 Å². The van der Waals surface area contributed by atoms with Crippen molar-refractivity contribution in [1.82, 2.24) is 30.0 Å². The van der Waals surface area contributed by atoms with Gasteiger partial charge in [-0.3, -0.25) is 9.48 Å². The number of ether oxygens (including phenoxy) is 1. The fourth-order valence-corrected chi connectivity index (χ4v) is 3.14. The number of nitrogens with zero attached hydrogens (tertiary/aromatic N) is 4. The van der Waals surface area contributed by atoms with Crippen molar-refractivity contribution in [3.63, 3.8) is 0 Å². The van der Waals surface area contributed by atoms with Gasteiger partial charge in [0.2, 0.25) is 17.7 Å². The SMILES string of the molecule is C=CC(=O)N[C@H]1C[C@H](Oc2nc(Nc3cnn(C)c3)nc3[nH]cc(Cl)c23)C1. The first-order valence-electron chi connectivity index (χ1n) is 8.41. The minimum atomic E-state index is -0.181. The molecule has 3 heterocycles. The van der Waals surface area contributed by atoms with Crippen LogP contribution < -0.4 is 15.4 Å². The zero-order valence-corrected chi connectivity index (χ0v) is 15.3. The summed E-state index contributed by atoms with van der Waals surface area (Å²) in [6, 6.07) is 0.0764. The van der Waals surface area contributed by atoms with Gasteiger partial charge in [-0.05, 0) is 6.08 Å². The van der Waals surface area contributed by atoms with Gasteiger partial charge >= 0.3 is 0 Å². The number of halogens is 1. The molecule has 1 saturated carbocycles. The lowest BCUT2D eigenvalue weighted by atomic mass is 9.89. The highest BCUT2D eigenvalue weighted by molar-refractivity contribution is 6.35. The van der Waals surface area contributed by atoms with Crippen LogP contribution in [0.5, 0.6) is 5.88 Å². The maximum Gasteiger partial charge on any atom is 0.243 e. The Bertz CT molecular complexity index is 1010. The number of rotatable bonds is 6. The summed E-state index contributed by atoms with van der Waals surface area (Å²) < 4.78 is 7.71. The Morgan fingerprint density at radius 3 is 3.00 bits per heavy atom. The van der Waals surface area contributed by atoms with E-state index >= 15 is 0 Å². The Balaban J connectivity index is 1.53. The number of aromatic amines is 1. The van der Waals surface area contributed by atoms with E-state index in [1.54, 1.807) is 17.1 Å². The lowest BCUT2D eigenvalue weighted by Crippen LogP contribution is -2.48. The molecule has 0 bridgehead atoms. The maximum atomic E-state index is 11.4. The molecule has 3 aromatic heterocycles. The van der Waals surface area contributed by atoms with E-state index in [1.165, 1.54) is 6.08 Å². The number of nitrogens with one attached hydrogen (secondary N) is 3. The largest absolute Gasteiger partial charge is 0.474 e. The van der Waals surface area contributed by atoms with Gasteiger partial charge in [0.05, 0.1) is 22.3 Å². The number of amides is 1. The van der Waals surface area contributed by atoms with Crippen LogP contribution in [-0.4, -0.2) is 42.8 Å². The van der Waals surface area contributed by atoms with E-state index in [4.69, 9.17) is 16.3 Å². The lowest BCUT2D eigenvalue weighted by molar-refractivity contribution is -0.118. The molecule has 3 aromatic rings. The molecule has 10 heteroatoms. The number of carbonyl (C=O) groups is 1. The molecule has 140 valence electrons. The van der Waals surface area contributed by atoms with Crippen molar-refractivity contribution in [3.05, 3.63) is 36.3 Å². The quantitative estimate of drug-likeness (QED) is 0.560. The Morgan fingerprint density at radius 1 is 1.48 bits per heavy atom. The molecule has 1 aliphatic rings. The summed E-state index contributed by atoms with van der Waals surface area (Å²) in [6.07, 6.45) is 7.73. The first kappa shape index (κ1) is 17.3. The molecular formula is C17H18ClN7O2. The van der Waals surface area contributed by atoms with Gasteiger partial charge in [-0.15, -0.1) is 0 Å². The van der Waals surface area contributed by atoms with Gasteiger partial charge in [0.1, 0.15) is 11.8 Å². The Kier molecular flexibility index (Phi) is 4.44. The van der Waals surface area contributed by atoms with Gasteiger partial charge in [-0.25, -0.2) is 0 Å².